The molecule has 1 unspecified atom stereocenters. The van der Waals surface area contributed by atoms with Crippen molar-refractivity contribution in [2.75, 3.05) is 0 Å². The predicted molar refractivity (Wildman–Crippen MR) is 70.5 cm³/mol. The molecule has 0 aromatic heterocycles. The van der Waals surface area contributed by atoms with E-state index in [1.165, 1.54) is 51.4 Å². The molecule has 0 aliphatic heterocycles. The third-order valence-corrected chi connectivity index (χ3v) is 6.04. The Hall–Kier alpha value is 0.480. The summed E-state index contributed by atoms with van der Waals surface area (Å²) in [6, 6.07) is 0. The molecular formula is C14H25Br. The summed E-state index contributed by atoms with van der Waals surface area (Å²) < 4.78 is 0. The Bertz CT molecular complexity index is 184. The Kier molecular flexibility index (Phi) is 4.15. The maximum atomic E-state index is 3.90. The van der Waals surface area contributed by atoms with Gasteiger partial charge in [-0.25, -0.2) is 0 Å². The van der Waals surface area contributed by atoms with E-state index in [1.807, 2.05) is 0 Å². The highest BCUT2D eigenvalue weighted by atomic mass is 79.9. The van der Waals surface area contributed by atoms with Gasteiger partial charge in [0.1, 0.15) is 0 Å². The van der Waals surface area contributed by atoms with E-state index in [0.29, 0.717) is 0 Å². The van der Waals surface area contributed by atoms with Crippen molar-refractivity contribution in [3.8, 4) is 0 Å². The molecule has 1 heteroatoms. The van der Waals surface area contributed by atoms with E-state index in [9.17, 15) is 0 Å². The zero-order valence-corrected chi connectivity index (χ0v) is 11.7. The Morgan fingerprint density at radius 1 is 1.13 bits per heavy atom. The molecular weight excluding hydrogens is 248 g/mol. The van der Waals surface area contributed by atoms with Crippen LogP contribution in [0.2, 0.25) is 0 Å². The van der Waals surface area contributed by atoms with Crippen LogP contribution in [0.15, 0.2) is 0 Å². The molecule has 1 spiro atoms. The summed E-state index contributed by atoms with van der Waals surface area (Å²) in [4.78, 5) is 0.807. The van der Waals surface area contributed by atoms with E-state index < -0.39 is 0 Å². The molecule has 2 aliphatic rings. The van der Waals surface area contributed by atoms with Gasteiger partial charge in [-0.3, -0.25) is 0 Å². The molecule has 0 N–H and O–H groups in total. The first-order chi connectivity index (χ1) is 7.26. The van der Waals surface area contributed by atoms with Crippen LogP contribution >= 0.6 is 15.9 Å². The van der Waals surface area contributed by atoms with Crippen molar-refractivity contribution >= 4 is 15.9 Å². The smallest absolute Gasteiger partial charge is 0.0174 e. The number of rotatable bonds is 3. The van der Waals surface area contributed by atoms with E-state index in [1.54, 1.807) is 12.8 Å². The standard InChI is InChI=1S/C14H25Br/c1-2-5-13(15)12-6-10-14(11-7-12)8-3-4-9-14/h12-13H,2-11H2,1H3. The van der Waals surface area contributed by atoms with Crippen molar-refractivity contribution in [3.05, 3.63) is 0 Å². The number of hydrogen-bond acceptors (Lipinski definition) is 0. The van der Waals surface area contributed by atoms with Crippen molar-refractivity contribution in [1.82, 2.24) is 0 Å². The fourth-order valence-corrected chi connectivity index (χ4v) is 4.74. The molecule has 0 saturated heterocycles. The minimum absolute atomic E-state index is 0.807. The average Bonchev–Trinajstić information content (AvgIpc) is 2.68. The largest absolute Gasteiger partial charge is 0.0888 e. The zero-order chi connectivity index (χ0) is 10.7. The molecule has 0 radical (unpaired) electrons. The summed E-state index contributed by atoms with van der Waals surface area (Å²) in [6.07, 6.45) is 14.9. The van der Waals surface area contributed by atoms with Gasteiger partial charge >= 0.3 is 0 Å². The highest BCUT2D eigenvalue weighted by Gasteiger charge is 2.38. The van der Waals surface area contributed by atoms with Crippen molar-refractivity contribution in [3.63, 3.8) is 0 Å². The fraction of sp³-hybridized carbons (Fsp3) is 1.00. The van der Waals surface area contributed by atoms with E-state index in [2.05, 4.69) is 22.9 Å². The number of halogens is 1. The summed E-state index contributed by atoms with van der Waals surface area (Å²) in [5.74, 6) is 0.983. The summed E-state index contributed by atoms with van der Waals surface area (Å²) >= 11 is 3.90. The van der Waals surface area contributed by atoms with Gasteiger partial charge in [0.15, 0.2) is 0 Å². The first-order valence-corrected chi connectivity index (χ1v) is 7.81. The molecule has 2 rings (SSSR count). The van der Waals surface area contributed by atoms with Crippen LogP contribution in [-0.2, 0) is 0 Å². The lowest BCUT2D eigenvalue weighted by Crippen LogP contribution is -2.28. The monoisotopic (exact) mass is 272 g/mol. The van der Waals surface area contributed by atoms with Gasteiger partial charge in [0.25, 0.3) is 0 Å². The lowest BCUT2D eigenvalue weighted by atomic mass is 9.68. The number of hydrogen-bond donors (Lipinski definition) is 0. The molecule has 15 heavy (non-hydrogen) atoms. The molecule has 0 nitrogen and oxygen atoms in total. The fourth-order valence-electron chi connectivity index (χ4n) is 3.75. The SMILES string of the molecule is CCCC(Br)C1CCC2(CCCC2)CC1. The second-order valence-electron chi connectivity index (χ2n) is 5.85. The Balaban J connectivity index is 1.81. The second-order valence-corrected chi connectivity index (χ2v) is 7.03. The van der Waals surface area contributed by atoms with Gasteiger partial charge in [-0.15, -0.1) is 0 Å². The third kappa shape index (κ3) is 2.78. The van der Waals surface area contributed by atoms with Gasteiger partial charge in [0.2, 0.25) is 0 Å². The van der Waals surface area contributed by atoms with Crippen LogP contribution in [0.5, 0.6) is 0 Å². The Morgan fingerprint density at radius 3 is 2.27 bits per heavy atom. The molecule has 0 bridgehead atoms. The summed E-state index contributed by atoms with van der Waals surface area (Å²) in [6.45, 7) is 2.30. The van der Waals surface area contributed by atoms with Crippen molar-refractivity contribution < 1.29 is 0 Å². The number of alkyl halides is 1. The van der Waals surface area contributed by atoms with E-state index in [0.717, 1.165) is 16.2 Å². The quantitative estimate of drug-likeness (QED) is 0.612. The predicted octanol–water partition coefficient (Wildman–Crippen LogP) is 5.30. The van der Waals surface area contributed by atoms with Gasteiger partial charge < -0.3 is 0 Å². The molecule has 88 valence electrons. The van der Waals surface area contributed by atoms with Crippen LogP contribution in [-0.4, -0.2) is 4.83 Å². The molecule has 0 amide bonds. The van der Waals surface area contributed by atoms with Crippen LogP contribution in [0, 0.1) is 11.3 Å². The molecule has 0 aromatic carbocycles. The first kappa shape index (κ1) is 12.0. The van der Waals surface area contributed by atoms with Crippen molar-refractivity contribution in [2.45, 2.75) is 76.0 Å². The molecule has 2 saturated carbocycles. The molecule has 2 aliphatic carbocycles. The van der Waals surface area contributed by atoms with Gasteiger partial charge in [0.05, 0.1) is 0 Å². The minimum Gasteiger partial charge on any atom is -0.0888 e. The highest BCUT2D eigenvalue weighted by Crippen LogP contribution is 2.51. The summed E-state index contributed by atoms with van der Waals surface area (Å²) in [7, 11) is 0. The Labute approximate surface area is 103 Å². The summed E-state index contributed by atoms with van der Waals surface area (Å²) in [5, 5.41) is 0. The zero-order valence-electron chi connectivity index (χ0n) is 10.1. The topological polar surface area (TPSA) is 0 Å². The Morgan fingerprint density at radius 2 is 1.73 bits per heavy atom. The molecule has 2 fully saturated rings. The van der Waals surface area contributed by atoms with Crippen molar-refractivity contribution in [1.29, 1.82) is 0 Å². The first-order valence-electron chi connectivity index (χ1n) is 6.90. The molecule has 1 atom stereocenters. The van der Waals surface area contributed by atoms with Crippen LogP contribution in [0.25, 0.3) is 0 Å². The second kappa shape index (κ2) is 5.21. The summed E-state index contributed by atoms with van der Waals surface area (Å²) in [5.41, 5.74) is 0.815. The van der Waals surface area contributed by atoms with Crippen molar-refractivity contribution in [2.24, 2.45) is 11.3 Å². The van der Waals surface area contributed by atoms with E-state index in [-0.39, 0.29) is 0 Å². The normalized spacial score (nSPS) is 28.4. The maximum absolute atomic E-state index is 3.90. The average molecular weight is 273 g/mol. The molecule has 0 aromatic rings. The van der Waals surface area contributed by atoms with Gasteiger partial charge in [-0.2, -0.15) is 0 Å². The van der Waals surface area contributed by atoms with Crippen LogP contribution in [0.4, 0.5) is 0 Å². The molecule has 0 heterocycles. The lowest BCUT2D eigenvalue weighted by Gasteiger charge is -2.39. The maximum Gasteiger partial charge on any atom is 0.0174 e. The highest BCUT2D eigenvalue weighted by molar-refractivity contribution is 9.09. The van der Waals surface area contributed by atoms with Crippen LogP contribution in [0.1, 0.15) is 71.1 Å². The third-order valence-electron chi connectivity index (χ3n) is 4.83. The van der Waals surface area contributed by atoms with Crippen LogP contribution in [0.3, 0.4) is 0 Å². The van der Waals surface area contributed by atoms with E-state index >= 15 is 0 Å². The van der Waals surface area contributed by atoms with Crippen LogP contribution < -0.4 is 0 Å². The van der Waals surface area contributed by atoms with Gasteiger partial charge in [-0.1, -0.05) is 42.1 Å². The van der Waals surface area contributed by atoms with E-state index in [4.69, 9.17) is 0 Å². The van der Waals surface area contributed by atoms with Gasteiger partial charge in [-0.05, 0) is 56.3 Å². The minimum atomic E-state index is 0.807. The lowest BCUT2D eigenvalue weighted by molar-refractivity contribution is 0.153. The van der Waals surface area contributed by atoms with Gasteiger partial charge in [0, 0.05) is 4.83 Å².